The number of nitrogen functional groups attached to an aromatic ring is 1. The molecular formula is C14H15N5O2. The molecule has 1 aromatic carbocycles. The highest BCUT2D eigenvalue weighted by molar-refractivity contribution is 5.99. The molecule has 2 aromatic rings. The van der Waals surface area contributed by atoms with E-state index in [9.17, 15) is 9.59 Å². The Morgan fingerprint density at radius 2 is 1.76 bits per heavy atom. The monoisotopic (exact) mass is 285 g/mol. The lowest BCUT2D eigenvalue weighted by atomic mass is 10.1. The number of nitrogens with zero attached hydrogens (tertiary/aromatic N) is 2. The molecule has 1 heterocycles. The van der Waals surface area contributed by atoms with Crippen molar-refractivity contribution in [2.24, 2.45) is 0 Å². The van der Waals surface area contributed by atoms with E-state index in [1.54, 1.807) is 24.3 Å². The zero-order valence-corrected chi connectivity index (χ0v) is 11.2. The highest BCUT2D eigenvalue weighted by Gasteiger charge is 2.09. The summed E-state index contributed by atoms with van der Waals surface area (Å²) in [5.74, 6) is -0.613. The summed E-state index contributed by atoms with van der Waals surface area (Å²) in [6.45, 7) is 0.576. The zero-order chi connectivity index (χ0) is 15.1. The molecule has 0 aliphatic rings. The Morgan fingerprint density at radius 3 is 2.43 bits per heavy atom. The molecule has 0 saturated heterocycles. The summed E-state index contributed by atoms with van der Waals surface area (Å²) >= 11 is 0. The minimum atomic E-state index is -0.337. The lowest BCUT2D eigenvalue weighted by molar-refractivity contribution is 0.0925. The van der Waals surface area contributed by atoms with Gasteiger partial charge in [-0.05, 0) is 12.1 Å². The van der Waals surface area contributed by atoms with Crippen molar-refractivity contribution in [3.05, 3.63) is 54.1 Å². The lowest BCUT2D eigenvalue weighted by Gasteiger charge is -2.08. The van der Waals surface area contributed by atoms with E-state index in [1.165, 1.54) is 18.6 Å². The van der Waals surface area contributed by atoms with Gasteiger partial charge in [0, 0.05) is 31.2 Å². The molecule has 21 heavy (non-hydrogen) atoms. The fourth-order valence-electron chi connectivity index (χ4n) is 1.66. The molecule has 4 N–H and O–H groups in total. The van der Waals surface area contributed by atoms with Crippen LogP contribution in [0.3, 0.4) is 0 Å². The Morgan fingerprint density at radius 1 is 1.05 bits per heavy atom. The van der Waals surface area contributed by atoms with Gasteiger partial charge in [-0.2, -0.15) is 0 Å². The first-order chi connectivity index (χ1) is 10.2. The maximum atomic E-state index is 11.9. The molecule has 7 nitrogen and oxygen atoms in total. The van der Waals surface area contributed by atoms with Crippen molar-refractivity contribution in [1.29, 1.82) is 0 Å². The molecule has 0 aliphatic heterocycles. The quantitative estimate of drug-likeness (QED) is 0.537. The van der Waals surface area contributed by atoms with Gasteiger partial charge in [0.2, 0.25) is 0 Å². The summed E-state index contributed by atoms with van der Waals surface area (Å²) < 4.78 is 0. The smallest absolute Gasteiger partial charge is 0.271 e. The minimum Gasteiger partial charge on any atom is -0.398 e. The Bertz CT molecular complexity index is 630. The van der Waals surface area contributed by atoms with E-state index in [-0.39, 0.29) is 24.1 Å². The molecular weight excluding hydrogens is 270 g/mol. The minimum absolute atomic E-state index is 0.233. The number of rotatable bonds is 5. The predicted molar refractivity (Wildman–Crippen MR) is 77.6 cm³/mol. The average Bonchev–Trinajstić information content (AvgIpc) is 2.52. The highest BCUT2D eigenvalue weighted by atomic mass is 16.2. The van der Waals surface area contributed by atoms with Crippen LogP contribution in [0.5, 0.6) is 0 Å². The van der Waals surface area contributed by atoms with Gasteiger partial charge in [-0.15, -0.1) is 0 Å². The number of nitrogens with two attached hydrogens (primary N) is 1. The van der Waals surface area contributed by atoms with Gasteiger partial charge < -0.3 is 16.4 Å². The van der Waals surface area contributed by atoms with Crippen molar-refractivity contribution < 1.29 is 9.59 Å². The first-order valence-electron chi connectivity index (χ1n) is 6.35. The number of hydrogen-bond acceptors (Lipinski definition) is 5. The number of carbonyl (C=O) groups is 2. The number of amides is 2. The Hall–Kier alpha value is -2.96. The van der Waals surface area contributed by atoms with Gasteiger partial charge in [0.1, 0.15) is 5.69 Å². The molecule has 7 heteroatoms. The van der Waals surface area contributed by atoms with E-state index in [4.69, 9.17) is 5.73 Å². The maximum Gasteiger partial charge on any atom is 0.271 e. The van der Waals surface area contributed by atoms with Crippen molar-refractivity contribution in [3.8, 4) is 0 Å². The molecule has 0 fully saturated rings. The van der Waals surface area contributed by atoms with Crippen LogP contribution in [0.25, 0.3) is 0 Å². The summed E-state index contributed by atoms with van der Waals surface area (Å²) in [4.78, 5) is 31.2. The molecule has 1 aromatic heterocycles. The highest BCUT2D eigenvalue weighted by Crippen LogP contribution is 2.09. The second-order valence-electron chi connectivity index (χ2n) is 4.19. The Balaban J connectivity index is 1.76. The summed E-state index contributed by atoms with van der Waals surface area (Å²) in [6, 6.07) is 6.79. The number of nitrogens with one attached hydrogen (secondary N) is 2. The average molecular weight is 285 g/mol. The van der Waals surface area contributed by atoms with Crippen molar-refractivity contribution in [2.45, 2.75) is 0 Å². The molecule has 0 bridgehead atoms. The molecule has 0 atom stereocenters. The van der Waals surface area contributed by atoms with Crippen LogP contribution < -0.4 is 16.4 Å². The number of hydrogen-bond donors (Lipinski definition) is 3. The van der Waals surface area contributed by atoms with Gasteiger partial charge >= 0.3 is 0 Å². The normalized spacial score (nSPS) is 9.90. The van der Waals surface area contributed by atoms with E-state index in [2.05, 4.69) is 20.6 Å². The standard InChI is InChI=1S/C14H15N5O2/c15-11-4-2-1-3-10(11)13(20)18-7-8-19-14(21)12-9-16-5-6-17-12/h1-6,9H,7-8,15H2,(H,18,20)(H,19,21). The third-order valence-corrected chi connectivity index (χ3v) is 2.70. The Kier molecular flexibility index (Phi) is 4.81. The van der Waals surface area contributed by atoms with Crippen LogP contribution >= 0.6 is 0 Å². The van der Waals surface area contributed by atoms with Gasteiger partial charge in [-0.25, -0.2) is 4.98 Å². The summed E-state index contributed by atoms with van der Waals surface area (Å²) in [6.07, 6.45) is 4.30. The number of para-hydroxylation sites is 1. The number of carbonyl (C=O) groups excluding carboxylic acids is 2. The van der Waals surface area contributed by atoms with Gasteiger partial charge in [0.25, 0.3) is 11.8 Å². The van der Waals surface area contributed by atoms with Crippen LogP contribution in [0.15, 0.2) is 42.9 Å². The van der Waals surface area contributed by atoms with Gasteiger partial charge in [0.15, 0.2) is 0 Å². The molecule has 0 radical (unpaired) electrons. The summed E-state index contributed by atoms with van der Waals surface area (Å²) in [7, 11) is 0. The van der Waals surface area contributed by atoms with E-state index in [0.717, 1.165) is 0 Å². The third-order valence-electron chi connectivity index (χ3n) is 2.70. The van der Waals surface area contributed by atoms with E-state index in [1.807, 2.05) is 0 Å². The van der Waals surface area contributed by atoms with Gasteiger partial charge in [0.05, 0.1) is 11.8 Å². The molecule has 2 rings (SSSR count). The van der Waals surface area contributed by atoms with Crippen LogP contribution in [0.2, 0.25) is 0 Å². The zero-order valence-electron chi connectivity index (χ0n) is 11.2. The number of anilines is 1. The number of aromatic nitrogens is 2. The van der Waals surface area contributed by atoms with Crippen LogP contribution in [0.1, 0.15) is 20.8 Å². The first kappa shape index (κ1) is 14.4. The van der Waals surface area contributed by atoms with Crippen molar-refractivity contribution in [3.63, 3.8) is 0 Å². The molecule has 2 amide bonds. The second-order valence-corrected chi connectivity index (χ2v) is 4.19. The molecule has 0 saturated carbocycles. The van der Waals surface area contributed by atoms with Crippen LogP contribution in [-0.2, 0) is 0 Å². The van der Waals surface area contributed by atoms with E-state index < -0.39 is 0 Å². The second kappa shape index (κ2) is 6.99. The molecule has 0 unspecified atom stereocenters. The summed E-state index contributed by atoms with van der Waals surface area (Å²) in [5.41, 5.74) is 6.77. The maximum absolute atomic E-state index is 11.9. The van der Waals surface area contributed by atoms with E-state index >= 15 is 0 Å². The van der Waals surface area contributed by atoms with Crippen molar-refractivity contribution in [2.75, 3.05) is 18.8 Å². The van der Waals surface area contributed by atoms with E-state index in [0.29, 0.717) is 17.8 Å². The SMILES string of the molecule is Nc1ccccc1C(=O)NCCNC(=O)c1cnccn1. The predicted octanol–water partition coefficient (Wildman–Crippen LogP) is 0.219. The van der Waals surface area contributed by atoms with Gasteiger partial charge in [-0.3, -0.25) is 14.6 Å². The number of benzene rings is 1. The van der Waals surface area contributed by atoms with Crippen molar-refractivity contribution >= 4 is 17.5 Å². The Labute approximate surface area is 121 Å². The lowest BCUT2D eigenvalue weighted by Crippen LogP contribution is -2.35. The van der Waals surface area contributed by atoms with Crippen LogP contribution in [-0.4, -0.2) is 34.9 Å². The molecule has 0 spiro atoms. The van der Waals surface area contributed by atoms with Crippen LogP contribution in [0.4, 0.5) is 5.69 Å². The van der Waals surface area contributed by atoms with Crippen LogP contribution in [0, 0.1) is 0 Å². The largest absolute Gasteiger partial charge is 0.398 e. The molecule has 108 valence electrons. The van der Waals surface area contributed by atoms with Crippen molar-refractivity contribution in [1.82, 2.24) is 20.6 Å². The fraction of sp³-hybridized carbons (Fsp3) is 0.143. The topological polar surface area (TPSA) is 110 Å². The van der Waals surface area contributed by atoms with Gasteiger partial charge in [-0.1, -0.05) is 12.1 Å². The molecule has 0 aliphatic carbocycles. The fourth-order valence-corrected chi connectivity index (χ4v) is 1.66. The third kappa shape index (κ3) is 4.00. The summed E-state index contributed by atoms with van der Waals surface area (Å²) in [5, 5.41) is 5.31. The first-order valence-corrected chi connectivity index (χ1v) is 6.35.